The highest BCUT2D eigenvalue weighted by Crippen LogP contribution is 2.35. The molecule has 2 rings (SSSR count). The van der Waals surface area contributed by atoms with Crippen molar-refractivity contribution in [3.05, 3.63) is 11.3 Å². The quantitative estimate of drug-likeness (QED) is 0.599. The molecule has 86 valence electrons. The fourth-order valence-electron chi connectivity index (χ4n) is 2.50. The smallest absolute Gasteiger partial charge is 0.229 e. The van der Waals surface area contributed by atoms with Crippen LogP contribution >= 0.6 is 0 Å². The Labute approximate surface area is 93.3 Å². The fraction of sp³-hybridized carbons (Fsp3) is 0.769. The average molecular weight is 209 g/mol. The van der Waals surface area contributed by atoms with Crippen LogP contribution in [0.1, 0.15) is 52.9 Å². The van der Waals surface area contributed by atoms with Crippen LogP contribution in [0.2, 0.25) is 0 Å². The Hall–Kier alpha value is -0.790. The molecule has 1 atom stereocenters. The van der Waals surface area contributed by atoms with Crippen molar-refractivity contribution in [2.45, 2.75) is 52.9 Å². The number of hydrogen-bond donors (Lipinski definition) is 0. The van der Waals surface area contributed by atoms with Gasteiger partial charge in [-0.15, -0.1) is 0 Å². The second kappa shape index (κ2) is 5.34. The van der Waals surface area contributed by atoms with Gasteiger partial charge in [-0.2, -0.15) is 0 Å². The van der Waals surface area contributed by atoms with E-state index in [1.165, 1.54) is 25.0 Å². The summed E-state index contributed by atoms with van der Waals surface area (Å²) in [6, 6.07) is 0. The maximum atomic E-state index is 11.7. The highest BCUT2D eigenvalue weighted by Gasteiger charge is 2.30. The highest BCUT2D eigenvalue weighted by atomic mass is 16.2. The van der Waals surface area contributed by atoms with Crippen molar-refractivity contribution in [2.24, 2.45) is 5.92 Å². The SMILES string of the molecule is CC.CC1CC2=C(CCCC2)N(C)C1=O. The number of amides is 1. The lowest BCUT2D eigenvalue weighted by Gasteiger charge is -2.35. The molecule has 0 saturated carbocycles. The van der Waals surface area contributed by atoms with Gasteiger partial charge in [-0.1, -0.05) is 20.8 Å². The van der Waals surface area contributed by atoms with Crippen molar-refractivity contribution in [1.82, 2.24) is 4.90 Å². The summed E-state index contributed by atoms with van der Waals surface area (Å²) < 4.78 is 0. The van der Waals surface area contributed by atoms with E-state index in [0.29, 0.717) is 5.91 Å². The zero-order valence-corrected chi connectivity index (χ0v) is 10.5. The van der Waals surface area contributed by atoms with Crippen molar-refractivity contribution in [1.29, 1.82) is 0 Å². The molecule has 15 heavy (non-hydrogen) atoms. The molecule has 1 aliphatic carbocycles. The van der Waals surface area contributed by atoms with Gasteiger partial charge in [0.1, 0.15) is 0 Å². The van der Waals surface area contributed by atoms with E-state index < -0.39 is 0 Å². The van der Waals surface area contributed by atoms with E-state index in [-0.39, 0.29) is 5.92 Å². The van der Waals surface area contributed by atoms with Gasteiger partial charge in [0.2, 0.25) is 5.91 Å². The summed E-state index contributed by atoms with van der Waals surface area (Å²) in [5, 5.41) is 0. The summed E-state index contributed by atoms with van der Waals surface area (Å²) in [6.07, 6.45) is 5.92. The van der Waals surface area contributed by atoms with Crippen molar-refractivity contribution in [3.8, 4) is 0 Å². The van der Waals surface area contributed by atoms with Crippen LogP contribution in [0.5, 0.6) is 0 Å². The molecule has 0 radical (unpaired) electrons. The maximum Gasteiger partial charge on any atom is 0.229 e. The van der Waals surface area contributed by atoms with E-state index in [1.807, 2.05) is 32.7 Å². The largest absolute Gasteiger partial charge is 0.319 e. The average Bonchev–Trinajstić information content (AvgIpc) is 2.29. The lowest BCUT2D eigenvalue weighted by atomic mass is 9.85. The third-order valence-electron chi connectivity index (χ3n) is 3.26. The van der Waals surface area contributed by atoms with Crippen molar-refractivity contribution >= 4 is 5.91 Å². The van der Waals surface area contributed by atoms with Gasteiger partial charge in [0.25, 0.3) is 0 Å². The first-order valence-corrected chi connectivity index (χ1v) is 6.18. The standard InChI is InChI=1S/C11H17NO.C2H6/c1-8-7-9-5-3-4-6-10(9)12(2)11(8)13;1-2/h8H,3-7H2,1-2H3;1-2H3. The summed E-state index contributed by atoms with van der Waals surface area (Å²) in [5.41, 5.74) is 2.87. The van der Waals surface area contributed by atoms with Gasteiger partial charge in [-0.3, -0.25) is 4.79 Å². The van der Waals surface area contributed by atoms with Gasteiger partial charge in [0.15, 0.2) is 0 Å². The molecule has 0 saturated heterocycles. The highest BCUT2D eigenvalue weighted by molar-refractivity contribution is 5.81. The lowest BCUT2D eigenvalue weighted by molar-refractivity contribution is -0.133. The van der Waals surface area contributed by atoms with Crippen LogP contribution in [0.3, 0.4) is 0 Å². The Morgan fingerprint density at radius 1 is 1.20 bits per heavy atom. The summed E-state index contributed by atoms with van der Waals surface area (Å²) in [6.45, 7) is 6.04. The van der Waals surface area contributed by atoms with Crippen LogP contribution in [0, 0.1) is 5.92 Å². The van der Waals surface area contributed by atoms with Crippen LogP contribution in [-0.2, 0) is 4.79 Å². The first kappa shape index (κ1) is 12.3. The van der Waals surface area contributed by atoms with E-state index in [9.17, 15) is 4.79 Å². The van der Waals surface area contributed by atoms with Crippen LogP contribution in [0.15, 0.2) is 11.3 Å². The molecule has 2 nitrogen and oxygen atoms in total. The Kier molecular flexibility index (Phi) is 4.37. The van der Waals surface area contributed by atoms with Crippen molar-refractivity contribution in [3.63, 3.8) is 0 Å². The monoisotopic (exact) mass is 209 g/mol. The second-order valence-electron chi connectivity index (χ2n) is 4.26. The van der Waals surface area contributed by atoms with Gasteiger partial charge in [-0.05, 0) is 37.7 Å². The number of rotatable bonds is 0. The molecule has 2 heteroatoms. The van der Waals surface area contributed by atoms with E-state index in [4.69, 9.17) is 0 Å². The molecule has 0 fully saturated rings. The molecule has 1 aliphatic heterocycles. The molecule has 0 N–H and O–H groups in total. The Morgan fingerprint density at radius 3 is 2.47 bits per heavy atom. The van der Waals surface area contributed by atoms with Gasteiger partial charge in [-0.25, -0.2) is 0 Å². The minimum Gasteiger partial charge on any atom is -0.319 e. The Bertz CT molecular complexity index is 268. The molecule has 0 aromatic heterocycles. The van der Waals surface area contributed by atoms with Gasteiger partial charge in [0, 0.05) is 18.7 Å². The van der Waals surface area contributed by atoms with E-state index in [2.05, 4.69) is 0 Å². The number of carbonyl (C=O) groups is 1. The second-order valence-corrected chi connectivity index (χ2v) is 4.26. The maximum absolute atomic E-state index is 11.7. The van der Waals surface area contributed by atoms with Gasteiger partial charge in [0.05, 0.1) is 0 Å². The zero-order valence-electron chi connectivity index (χ0n) is 10.5. The van der Waals surface area contributed by atoms with Crippen LogP contribution < -0.4 is 0 Å². The Balaban J connectivity index is 0.000000531. The molecule has 2 aliphatic rings. The molecular formula is C13H23NO. The molecule has 1 amide bonds. The molecule has 1 unspecified atom stereocenters. The van der Waals surface area contributed by atoms with Gasteiger partial charge >= 0.3 is 0 Å². The summed E-state index contributed by atoms with van der Waals surface area (Å²) in [4.78, 5) is 13.6. The molecule has 0 aromatic rings. The molecule has 0 aromatic carbocycles. The number of carbonyl (C=O) groups excluding carboxylic acids is 1. The van der Waals surface area contributed by atoms with E-state index >= 15 is 0 Å². The zero-order chi connectivity index (χ0) is 11.4. The third-order valence-corrected chi connectivity index (χ3v) is 3.26. The van der Waals surface area contributed by atoms with Gasteiger partial charge < -0.3 is 4.90 Å². The molecule has 0 bridgehead atoms. The van der Waals surface area contributed by atoms with Crippen LogP contribution in [0.4, 0.5) is 0 Å². The number of nitrogens with zero attached hydrogens (tertiary/aromatic N) is 1. The summed E-state index contributed by atoms with van der Waals surface area (Å²) in [5.74, 6) is 0.516. The third kappa shape index (κ3) is 2.42. The van der Waals surface area contributed by atoms with Crippen LogP contribution in [0.25, 0.3) is 0 Å². The van der Waals surface area contributed by atoms with Crippen molar-refractivity contribution in [2.75, 3.05) is 7.05 Å². The fourth-order valence-corrected chi connectivity index (χ4v) is 2.50. The number of allylic oxidation sites excluding steroid dienone is 2. The number of hydrogen-bond acceptors (Lipinski definition) is 1. The van der Waals surface area contributed by atoms with E-state index in [0.717, 1.165) is 12.8 Å². The summed E-state index contributed by atoms with van der Waals surface area (Å²) in [7, 11) is 1.93. The predicted octanol–water partition coefficient (Wildman–Crippen LogP) is 3.34. The Morgan fingerprint density at radius 2 is 1.80 bits per heavy atom. The first-order valence-electron chi connectivity index (χ1n) is 6.18. The minimum atomic E-state index is 0.210. The first-order chi connectivity index (χ1) is 7.20. The summed E-state index contributed by atoms with van der Waals surface area (Å²) >= 11 is 0. The molecular weight excluding hydrogens is 186 g/mol. The lowest BCUT2D eigenvalue weighted by Crippen LogP contribution is -2.37. The molecule has 1 heterocycles. The predicted molar refractivity (Wildman–Crippen MR) is 63.4 cm³/mol. The van der Waals surface area contributed by atoms with Crippen molar-refractivity contribution < 1.29 is 4.79 Å². The molecule has 0 spiro atoms. The van der Waals surface area contributed by atoms with Crippen LogP contribution in [-0.4, -0.2) is 17.9 Å². The normalized spacial score (nSPS) is 25.7. The van der Waals surface area contributed by atoms with E-state index in [1.54, 1.807) is 5.57 Å². The minimum absolute atomic E-state index is 0.210. The topological polar surface area (TPSA) is 20.3 Å².